The molecule has 112 valence electrons. The summed E-state index contributed by atoms with van der Waals surface area (Å²) in [6, 6.07) is 5.81. The van der Waals surface area contributed by atoms with Crippen molar-refractivity contribution in [2.75, 3.05) is 30.8 Å². The number of rotatable bonds is 8. The van der Waals surface area contributed by atoms with Gasteiger partial charge >= 0.3 is 0 Å². The average Bonchev–Trinajstić information content (AvgIpc) is 2.97. The molecule has 4 nitrogen and oxygen atoms in total. The molecule has 3 N–H and O–H groups in total. The number of nitrogens with one attached hydrogen (secondary N) is 1. The van der Waals surface area contributed by atoms with Gasteiger partial charge in [0.15, 0.2) is 0 Å². The van der Waals surface area contributed by atoms with Gasteiger partial charge in [0.1, 0.15) is 5.75 Å². The molecule has 0 amide bonds. The van der Waals surface area contributed by atoms with Crippen LogP contribution in [0.3, 0.4) is 0 Å². The molecular formula is C16H26N2O2. The minimum Gasteiger partial charge on any atom is -0.491 e. The van der Waals surface area contributed by atoms with Crippen LogP contribution in [0.5, 0.6) is 5.75 Å². The fraction of sp³-hybridized carbons (Fsp3) is 0.625. The molecule has 1 saturated carbocycles. The Morgan fingerprint density at radius 1 is 1.25 bits per heavy atom. The number of hydrogen-bond donors (Lipinski definition) is 2. The molecule has 1 aliphatic carbocycles. The maximum absolute atomic E-state index is 5.89. The molecule has 0 radical (unpaired) electrons. The molecule has 0 atom stereocenters. The highest BCUT2D eigenvalue weighted by molar-refractivity contribution is 5.61. The summed E-state index contributed by atoms with van der Waals surface area (Å²) in [7, 11) is 0. The van der Waals surface area contributed by atoms with Crippen LogP contribution in [0.1, 0.15) is 39.0 Å². The van der Waals surface area contributed by atoms with Gasteiger partial charge in [-0.1, -0.05) is 19.8 Å². The van der Waals surface area contributed by atoms with Gasteiger partial charge < -0.3 is 20.5 Å². The second kappa shape index (κ2) is 8.00. The largest absolute Gasteiger partial charge is 0.491 e. The van der Waals surface area contributed by atoms with Gasteiger partial charge in [0.05, 0.1) is 25.0 Å². The molecule has 1 aliphatic rings. The first kappa shape index (κ1) is 15.0. The molecule has 2 rings (SSSR count). The molecule has 0 aromatic heterocycles. The van der Waals surface area contributed by atoms with Crippen molar-refractivity contribution >= 4 is 11.4 Å². The Morgan fingerprint density at radius 2 is 2.05 bits per heavy atom. The third kappa shape index (κ3) is 4.60. The summed E-state index contributed by atoms with van der Waals surface area (Å²) in [6.07, 6.45) is 6.52. The van der Waals surface area contributed by atoms with E-state index in [0.29, 0.717) is 18.4 Å². The Morgan fingerprint density at radius 3 is 2.80 bits per heavy atom. The zero-order chi connectivity index (χ0) is 14.2. The summed E-state index contributed by atoms with van der Waals surface area (Å²) >= 11 is 0. The summed E-state index contributed by atoms with van der Waals surface area (Å²) in [4.78, 5) is 0. The number of hydrogen-bond acceptors (Lipinski definition) is 4. The standard InChI is InChI=1S/C16H26N2O2/c1-2-10-20-16-12-13(7-8-15(16)17)18-9-11-19-14-5-3-4-6-14/h7-8,12,14,18H,2-6,9-11,17H2,1H3. The molecule has 0 unspecified atom stereocenters. The molecule has 0 bridgehead atoms. The molecule has 1 fully saturated rings. The van der Waals surface area contributed by atoms with E-state index in [1.165, 1.54) is 25.7 Å². The van der Waals surface area contributed by atoms with E-state index in [1.807, 2.05) is 18.2 Å². The number of nitrogen functional groups attached to an aromatic ring is 1. The van der Waals surface area contributed by atoms with Crippen molar-refractivity contribution in [1.29, 1.82) is 0 Å². The van der Waals surface area contributed by atoms with Gasteiger partial charge in [0.2, 0.25) is 0 Å². The third-order valence-electron chi connectivity index (χ3n) is 3.56. The first-order chi connectivity index (χ1) is 9.79. The van der Waals surface area contributed by atoms with Crippen LogP contribution < -0.4 is 15.8 Å². The van der Waals surface area contributed by atoms with Crippen LogP contribution in [-0.4, -0.2) is 25.9 Å². The fourth-order valence-electron chi connectivity index (χ4n) is 2.46. The molecule has 0 saturated heterocycles. The Kier molecular flexibility index (Phi) is 5.99. The Balaban J connectivity index is 1.74. The van der Waals surface area contributed by atoms with Gasteiger partial charge in [0.25, 0.3) is 0 Å². The summed E-state index contributed by atoms with van der Waals surface area (Å²) in [5.74, 6) is 0.758. The predicted octanol–water partition coefficient (Wildman–Crippen LogP) is 3.43. The minimum absolute atomic E-state index is 0.478. The van der Waals surface area contributed by atoms with Gasteiger partial charge in [-0.2, -0.15) is 0 Å². The van der Waals surface area contributed by atoms with Crippen LogP contribution in [0.2, 0.25) is 0 Å². The van der Waals surface area contributed by atoms with Crippen LogP contribution in [0.25, 0.3) is 0 Å². The van der Waals surface area contributed by atoms with Crippen LogP contribution in [0, 0.1) is 0 Å². The van der Waals surface area contributed by atoms with Gasteiger partial charge in [-0.15, -0.1) is 0 Å². The Hall–Kier alpha value is -1.42. The number of ether oxygens (including phenoxy) is 2. The van der Waals surface area contributed by atoms with Crippen molar-refractivity contribution in [3.8, 4) is 5.75 Å². The van der Waals surface area contributed by atoms with Gasteiger partial charge in [-0.3, -0.25) is 0 Å². The van der Waals surface area contributed by atoms with Gasteiger partial charge in [0, 0.05) is 18.3 Å². The Bertz CT molecular complexity index is 403. The summed E-state index contributed by atoms with van der Waals surface area (Å²) in [5.41, 5.74) is 7.60. The van der Waals surface area contributed by atoms with Crippen LogP contribution >= 0.6 is 0 Å². The lowest BCUT2D eigenvalue weighted by Crippen LogP contribution is -2.15. The van der Waals surface area contributed by atoms with Crippen LogP contribution in [0.15, 0.2) is 18.2 Å². The maximum atomic E-state index is 5.89. The van der Waals surface area contributed by atoms with Crippen molar-refractivity contribution < 1.29 is 9.47 Å². The fourth-order valence-corrected chi connectivity index (χ4v) is 2.46. The molecule has 20 heavy (non-hydrogen) atoms. The van der Waals surface area contributed by atoms with Crippen molar-refractivity contribution in [2.45, 2.75) is 45.1 Å². The van der Waals surface area contributed by atoms with E-state index in [-0.39, 0.29) is 0 Å². The van der Waals surface area contributed by atoms with E-state index in [2.05, 4.69) is 12.2 Å². The molecule has 0 aliphatic heterocycles. The zero-order valence-corrected chi connectivity index (χ0v) is 12.4. The normalized spacial score (nSPS) is 15.4. The first-order valence-electron chi connectivity index (χ1n) is 7.67. The maximum Gasteiger partial charge on any atom is 0.144 e. The minimum atomic E-state index is 0.478. The number of benzene rings is 1. The van der Waals surface area contributed by atoms with Crippen molar-refractivity contribution in [2.24, 2.45) is 0 Å². The number of nitrogens with two attached hydrogens (primary N) is 1. The quantitative estimate of drug-likeness (QED) is 0.565. The van der Waals surface area contributed by atoms with E-state index in [9.17, 15) is 0 Å². The van der Waals surface area contributed by atoms with Crippen molar-refractivity contribution in [3.05, 3.63) is 18.2 Å². The lowest BCUT2D eigenvalue weighted by Gasteiger charge is -2.13. The molecule has 4 heteroatoms. The summed E-state index contributed by atoms with van der Waals surface area (Å²) in [6.45, 7) is 4.34. The summed E-state index contributed by atoms with van der Waals surface area (Å²) < 4.78 is 11.4. The molecule has 1 aromatic rings. The highest BCUT2D eigenvalue weighted by Crippen LogP contribution is 2.25. The second-order valence-corrected chi connectivity index (χ2v) is 5.31. The molecule has 0 heterocycles. The van der Waals surface area contributed by atoms with Gasteiger partial charge in [-0.25, -0.2) is 0 Å². The van der Waals surface area contributed by atoms with Gasteiger partial charge in [-0.05, 0) is 31.4 Å². The monoisotopic (exact) mass is 278 g/mol. The van der Waals surface area contributed by atoms with E-state index >= 15 is 0 Å². The van der Waals surface area contributed by atoms with Crippen molar-refractivity contribution in [3.63, 3.8) is 0 Å². The van der Waals surface area contributed by atoms with E-state index in [0.717, 1.165) is 31.0 Å². The molecular weight excluding hydrogens is 252 g/mol. The lowest BCUT2D eigenvalue weighted by atomic mass is 10.2. The van der Waals surface area contributed by atoms with E-state index < -0.39 is 0 Å². The third-order valence-corrected chi connectivity index (χ3v) is 3.56. The van der Waals surface area contributed by atoms with Crippen LogP contribution in [-0.2, 0) is 4.74 Å². The topological polar surface area (TPSA) is 56.5 Å². The second-order valence-electron chi connectivity index (χ2n) is 5.31. The zero-order valence-electron chi connectivity index (χ0n) is 12.4. The first-order valence-corrected chi connectivity index (χ1v) is 7.67. The van der Waals surface area contributed by atoms with E-state index in [1.54, 1.807) is 0 Å². The number of anilines is 2. The van der Waals surface area contributed by atoms with Crippen molar-refractivity contribution in [1.82, 2.24) is 0 Å². The SMILES string of the molecule is CCCOc1cc(NCCOC2CCCC2)ccc1N. The predicted molar refractivity (Wildman–Crippen MR) is 83.3 cm³/mol. The smallest absolute Gasteiger partial charge is 0.144 e. The highest BCUT2D eigenvalue weighted by atomic mass is 16.5. The lowest BCUT2D eigenvalue weighted by molar-refractivity contribution is 0.0659. The summed E-state index contributed by atoms with van der Waals surface area (Å²) in [5, 5.41) is 3.35. The van der Waals surface area contributed by atoms with E-state index in [4.69, 9.17) is 15.2 Å². The van der Waals surface area contributed by atoms with Crippen LogP contribution in [0.4, 0.5) is 11.4 Å². The Labute approximate surface area is 121 Å². The highest BCUT2D eigenvalue weighted by Gasteiger charge is 2.14. The molecule has 1 aromatic carbocycles. The molecule has 0 spiro atoms. The average molecular weight is 278 g/mol.